The van der Waals surface area contributed by atoms with Gasteiger partial charge in [-0.15, -0.1) is 0 Å². The molecular weight excluding hydrogens is 317 g/mol. The van der Waals surface area contributed by atoms with Gasteiger partial charge in [0, 0.05) is 5.69 Å². The Bertz CT molecular complexity index is 1030. The number of halogens is 1. The van der Waals surface area contributed by atoms with E-state index >= 15 is 0 Å². The molecule has 0 fully saturated rings. The molecule has 4 rings (SSSR count). The fourth-order valence-electron chi connectivity index (χ4n) is 2.63. The first-order valence-electron chi connectivity index (χ1n) is 7.94. The Balaban J connectivity index is 1.65. The molecule has 1 heterocycles. The summed E-state index contributed by atoms with van der Waals surface area (Å²) in [7, 11) is 0. The van der Waals surface area contributed by atoms with Crippen LogP contribution in [0.3, 0.4) is 0 Å². The molecule has 0 aliphatic carbocycles. The quantitative estimate of drug-likeness (QED) is 0.515. The number of aromatic amines is 1. The number of para-hydroxylation sites is 1. The molecule has 0 saturated heterocycles. The first kappa shape index (κ1) is 15.2. The predicted octanol–water partition coefficient (Wildman–Crippen LogP) is 5.55. The van der Waals surface area contributed by atoms with Gasteiger partial charge in [0.05, 0.1) is 5.52 Å². The highest BCUT2D eigenvalue weighted by molar-refractivity contribution is 5.80. The summed E-state index contributed by atoms with van der Waals surface area (Å²) in [5.41, 5.74) is 2.77. The van der Waals surface area contributed by atoms with E-state index in [0.29, 0.717) is 17.2 Å². The maximum atomic E-state index is 14.8. The lowest BCUT2D eigenvalue weighted by molar-refractivity contribution is 0.445. The summed E-state index contributed by atoms with van der Waals surface area (Å²) in [6.07, 6.45) is 0. The molecule has 4 aromatic rings. The molecule has 4 nitrogen and oxygen atoms in total. The van der Waals surface area contributed by atoms with Gasteiger partial charge in [-0.3, -0.25) is 0 Å². The number of fused-ring (bicyclic) bond motifs is 1. The lowest BCUT2D eigenvalue weighted by atomic mass is 10.2. The number of hydrogen-bond acceptors (Lipinski definition) is 3. The van der Waals surface area contributed by atoms with Gasteiger partial charge in [-0.25, -0.2) is 9.37 Å². The fraction of sp³-hybridized carbons (Fsp3) is 0.0500. The van der Waals surface area contributed by atoms with Crippen LogP contribution in [0.25, 0.3) is 11.0 Å². The first-order valence-corrected chi connectivity index (χ1v) is 7.94. The zero-order chi connectivity index (χ0) is 17.2. The number of hydrogen-bond donors (Lipinski definition) is 2. The van der Waals surface area contributed by atoms with E-state index in [9.17, 15) is 4.39 Å². The molecule has 0 bridgehead atoms. The summed E-state index contributed by atoms with van der Waals surface area (Å²) in [6, 6.07) is 20.4. The molecule has 0 aliphatic heterocycles. The number of imidazole rings is 1. The maximum Gasteiger partial charge on any atom is 0.205 e. The number of rotatable bonds is 4. The van der Waals surface area contributed by atoms with Gasteiger partial charge in [0.1, 0.15) is 11.3 Å². The van der Waals surface area contributed by atoms with Crippen molar-refractivity contribution < 1.29 is 9.13 Å². The number of nitrogens with one attached hydrogen (secondary N) is 2. The maximum absolute atomic E-state index is 14.8. The van der Waals surface area contributed by atoms with E-state index in [1.165, 1.54) is 0 Å². The monoisotopic (exact) mass is 333 g/mol. The summed E-state index contributed by atoms with van der Waals surface area (Å²) < 4.78 is 20.4. The van der Waals surface area contributed by atoms with Crippen molar-refractivity contribution in [3.63, 3.8) is 0 Å². The zero-order valence-corrected chi connectivity index (χ0v) is 13.6. The third-order valence-electron chi connectivity index (χ3n) is 3.81. The molecule has 0 aliphatic rings. The van der Waals surface area contributed by atoms with Crippen molar-refractivity contribution >= 4 is 22.7 Å². The highest BCUT2D eigenvalue weighted by atomic mass is 19.1. The molecule has 0 spiro atoms. The van der Waals surface area contributed by atoms with Crippen molar-refractivity contribution in [1.29, 1.82) is 0 Å². The minimum Gasteiger partial charge on any atom is -0.454 e. The average molecular weight is 333 g/mol. The van der Waals surface area contributed by atoms with Crippen LogP contribution in [-0.2, 0) is 0 Å². The molecule has 0 radical (unpaired) electrons. The Morgan fingerprint density at radius 2 is 1.84 bits per heavy atom. The normalized spacial score (nSPS) is 10.8. The molecule has 25 heavy (non-hydrogen) atoms. The van der Waals surface area contributed by atoms with Gasteiger partial charge in [-0.2, -0.15) is 0 Å². The number of benzene rings is 3. The predicted molar refractivity (Wildman–Crippen MR) is 97.0 cm³/mol. The van der Waals surface area contributed by atoms with Crippen LogP contribution in [-0.4, -0.2) is 9.97 Å². The highest BCUT2D eigenvalue weighted by Crippen LogP contribution is 2.30. The van der Waals surface area contributed by atoms with Crippen LogP contribution < -0.4 is 10.1 Å². The highest BCUT2D eigenvalue weighted by Gasteiger charge is 2.14. The van der Waals surface area contributed by atoms with Crippen LogP contribution in [0, 0.1) is 12.7 Å². The van der Waals surface area contributed by atoms with Gasteiger partial charge in [0.15, 0.2) is 11.6 Å². The summed E-state index contributed by atoms with van der Waals surface area (Å²) in [6.45, 7) is 1.96. The van der Waals surface area contributed by atoms with Crippen LogP contribution in [0.2, 0.25) is 0 Å². The minimum atomic E-state index is -0.489. The van der Waals surface area contributed by atoms with Crippen LogP contribution in [0.1, 0.15) is 5.56 Å². The first-order chi connectivity index (χ1) is 12.2. The van der Waals surface area contributed by atoms with Gasteiger partial charge >= 0.3 is 0 Å². The number of H-pyrrole nitrogens is 1. The van der Waals surface area contributed by atoms with Crippen molar-refractivity contribution in [3.8, 4) is 11.5 Å². The molecule has 0 amide bonds. The molecule has 0 unspecified atom stereocenters. The van der Waals surface area contributed by atoms with E-state index in [1.54, 1.807) is 18.2 Å². The second-order valence-electron chi connectivity index (χ2n) is 5.77. The summed E-state index contributed by atoms with van der Waals surface area (Å²) in [5, 5.41) is 3.12. The third-order valence-corrected chi connectivity index (χ3v) is 3.81. The van der Waals surface area contributed by atoms with E-state index in [2.05, 4.69) is 15.3 Å². The number of aromatic nitrogens is 2. The van der Waals surface area contributed by atoms with Crippen molar-refractivity contribution in [2.75, 3.05) is 5.32 Å². The SMILES string of the molecule is Cc1cccc(Oc2ccc3[nH]c(Nc4ccccc4)nc3c2F)c1. The van der Waals surface area contributed by atoms with Crippen molar-refractivity contribution in [3.05, 3.63) is 78.1 Å². The molecule has 0 atom stereocenters. The second-order valence-corrected chi connectivity index (χ2v) is 5.77. The van der Waals surface area contributed by atoms with E-state index in [0.717, 1.165) is 11.3 Å². The number of nitrogens with zero attached hydrogens (tertiary/aromatic N) is 1. The van der Waals surface area contributed by atoms with Crippen molar-refractivity contribution in [2.45, 2.75) is 6.92 Å². The number of aryl methyl sites for hydroxylation is 1. The molecule has 2 N–H and O–H groups in total. The number of ether oxygens (including phenoxy) is 1. The summed E-state index contributed by atoms with van der Waals surface area (Å²) in [4.78, 5) is 7.37. The summed E-state index contributed by atoms with van der Waals surface area (Å²) >= 11 is 0. The van der Waals surface area contributed by atoms with Gasteiger partial charge in [-0.05, 0) is 48.9 Å². The zero-order valence-electron chi connectivity index (χ0n) is 13.6. The molecular formula is C20H16FN3O. The lowest BCUT2D eigenvalue weighted by Gasteiger charge is -2.07. The second kappa shape index (κ2) is 6.28. The Morgan fingerprint density at radius 3 is 2.64 bits per heavy atom. The van der Waals surface area contributed by atoms with Gasteiger partial charge in [0.25, 0.3) is 0 Å². The lowest BCUT2D eigenvalue weighted by Crippen LogP contribution is -1.91. The van der Waals surface area contributed by atoms with E-state index in [4.69, 9.17) is 4.74 Å². The molecule has 0 saturated carbocycles. The Hall–Kier alpha value is -3.34. The molecule has 1 aromatic heterocycles. The van der Waals surface area contributed by atoms with Gasteiger partial charge < -0.3 is 15.0 Å². The minimum absolute atomic E-state index is 0.149. The summed E-state index contributed by atoms with van der Waals surface area (Å²) in [5.74, 6) is 0.733. The van der Waals surface area contributed by atoms with E-state index in [-0.39, 0.29) is 11.3 Å². The Labute approximate surface area is 144 Å². The van der Waals surface area contributed by atoms with Crippen molar-refractivity contribution in [2.24, 2.45) is 0 Å². The fourth-order valence-corrected chi connectivity index (χ4v) is 2.63. The van der Waals surface area contributed by atoms with Crippen LogP contribution in [0.5, 0.6) is 11.5 Å². The molecule has 5 heteroatoms. The van der Waals surface area contributed by atoms with E-state index in [1.807, 2.05) is 55.5 Å². The molecule has 3 aromatic carbocycles. The van der Waals surface area contributed by atoms with Crippen LogP contribution >= 0.6 is 0 Å². The van der Waals surface area contributed by atoms with Crippen LogP contribution in [0.15, 0.2) is 66.7 Å². The Kier molecular flexibility index (Phi) is 3.82. The van der Waals surface area contributed by atoms with Crippen LogP contribution in [0.4, 0.5) is 16.0 Å². The smallest absolute Gasteiger partial charge is 0.205 e. The largest absolute Gasteiger partial charge is 0.454 e. The van der Waals surface area contributed by atoms with Crippen molar-refractivity contribution in [1.82, 2.24) is 9.97 Å². The number of anilines is 2. The third kappa shape index (κ3) is 3.17. The Morgan fingerprint density at radius 1 is 1.00 bits per heavy atom. The topological polar surface area (TPSA) is 49.9 Å². The average Bonchev–Trinajstić information content (AvgIpc) is 3.02. The molecule has 124 valence electrons. The van der Waals surface area contributed by atoms with Gasteiger partial charge in [0.2, 0.25) is 5.95 Å². The van der Waals surface area contributed by atoms with E-state index < -0.39 is 5.82 Å². The van der Waals surface area contributed by atoms with Gasteiger partial charge in [-0.1, -0.05) is 30.3 Å². The standard InChI is InChI=1S/C20H16FN3O/c1-13-6-5-9-15(12-13)25-17-11-10-16-19(18(17)21)24-20(23-16)22-14-7-3-2-4-8-14/h2-12H,1H3,(H2,22,23,24).